The fourth-order valence-corrected chi connectivity index (χ4v) is 2.59. The van der Waals surface area contributed by atoms with Crippen molar-refractivity contribution in [3.8, 4) is 0 Å². The number of amides is 1. The lowest BCUT2D eigenvalue weighted by Gasteiger charge is -2.21. The topological polar surface area (TPSA) is 32.3 Å². The average Bonchev–Trinajstić information content (AvgIpc) is 2.67. The molecule has 0 heterocycles. The third-order valence-electron chi connectivity index (χ3n) is 3.92. The van der Waals surface area contributed by atoms with Crippen molar-refractivity contribution in [3.63, 3.8) is 0 Å². The van der Waals surface area contributed by atoms with Gasteiger partial charge in [0, 0.05) is 19.2 Å². The van der Waals surface area contributed by atoms with Crippen molar-refractivity contribution in [2.75, 3.05) is 17.3 Å². The molecule has 0 aliphatic heterocycles. The lowest BCUT2D eigenvalue weighted by atomic mass is 10.1. The first-order valence-corrected chi connectivity index (χ1v) is 7.95. The summed E-state index contributed by atoms with van der Waals surface area (Å²) in [5.41, 5.74) is 3.68. The van der Waals surface area contributed by atoms with Crippen LogP contribution < -0.4 is 10.2 Å². The molecule has 0 unspecified atom stereocenters. The molecule has 3 heteroatoms. The average molecular weight is 316 g/mol. The first-order valence-electron chi connectivity index (χ1n) is 7.95. The summed E-state index contributed by atoms with van der Waals surface area (Å²) in [6.07, 6.45) is 0. The molecule has 24 heavy (non-hydrogen) atoms. The molecule has 0 fully saturated rings. The second kappa shape index (κ2) is 7.47. The Labute approximate surface area is 142 Å². The van der Waals surface area contributed by atoms with E-state index in [4.69, 9.17) is 0 Å². The summed E-state index contributed by atoms with van der Waals surface area (Å²) in [7, 11) is 1.80. The van der Waals surface area contributed by atoms with Crippen LogP contribution in [0.2, 0.25) is 0 Å². The number of carbonyl (C=O) groups is 1. The number of rotatable bonds is 5. The Bertz CT molecular complexity index is 800. The third-order valence-corrected chi connectivity index (χ3v) is 3.92. The van der Waals surface area contributed by atoms with Crippen molar-refractivity contribution in [2.45, 2.75) is 6.54 Å². The summed E-state index contributed by atoms with van der Waals surface area (Å²) < 4.78 is 0. The van der Waals surface area contributed by atoms with E-state index in [1.54, 1.807) is 11.9 Å². The molecule has 1 N–H and O–H groups in total. The van der Waals surface area contributed by atoms with E-state index in [1.165, 1.54) is 5.56 Å². The lowest BCUT2D eigenvalue weighted by Crippen LogP contribution is -2.27. The summed E-state index contributed by atoms with van der Waals surface area (Å²) in [4.78, 5) is 14.4. The Morgan fingerprint density at radius 3 is 2.12 bits per heavy atom. The van der Waals surface area contributed by atoms with Gasteiger partial charge in [-0.05, 0) is 29.8 Å². The Morgan fingerprint density at radius 2 is 1.42 bits per heavy atom. The second-order valence-corrected chi connectivity index (χ2v) is 5.59. The molecule has 0 saturated carbocycles. The van der Waals surface area contributed by atoms with E-state index in [1.807, 2.05) is 72.8 Å². The molecular weight excluding hydrogens is 296 g/mol. The normalized spacial score (nSPS) is 10.2. The number of hydrogen-bond donors (Lipinski definition) is 1. The molecule has 0 saturated heterocycles. The first kappa shape index (κ1) is 15.8. The van der Waals surface area contributed by atoms with Gasteiger partial charge in [-0.3, -0.25) is 4.79 Å². The summed E-state index contributed by atoms with van der Waals surface area (Å²) in [5, 5.41) is 3.42. The zero-order valence-corrected chi connectivity index (χ0v) is 13.6. The molecule has 3 nitrogen and oxygen atoms in total. The number of benzene rings is 3. The summed E-state index contributed by atoms with van der Waals surface area (Å²) in [6, 6.07) is 27.4. The molecule has 3 aromatic rings. The standard InChI is InChI=1S/C21H20N2O/c1-23(21(24)18-12-6-3-7-13-18)20-15-9-8-14-19(20)22-16-17-10-4-2-5-11-17/h2-15,22H,16H2,1H3. The smallest absolute Gasteiger partial charge is 0.258 e. The lowest BCUT2D eigenvalue weighted by molar-refractivity contribution is 0.0993. The maximum Gasteiger partial charge on any atom is 0.258 e. The molecule has 0 atom stereocenters. The second-order valence-electron chi connectivity index (χ2n) is 5.59. The maximum absolute atomic E-state index is 12.7. The summed E-state index contributed by atoms with van der Waals surface area (Å²) in [6.45, 7) is 0.714. The quantitative estimate of drug-likeness (QED) is 0.747. The minimum Gasteiger partial charge on any atom is -0.379 e. The highest BCUT2D eigenvalue weighted by Crippen LogP contribution is 2.26. The molecule has 0 radical (unpaired) electrons. The van der Waals surface area contributed by atoms with Crippen LogP contribution in [0, 0.1) is 0 Å². The van der Waals surface area contributed by atoms with E-state index < -0.39 is 0 Å². The van der Waals surface area contributed by atoms with E-state index in [0.29, 0.717) is 12.1 Å². The number of carbonyl (C=O) groups excluding carboxylic acids is 1. The van der Waals surface area contributed by atoms with Gasteiger partial charge in [0.25, 0.3) is 5.91 Å². The molecule has 1 amide bonds. The largest absolute Gasteiger partial charge is 0.379 e. The molecule has 120 valence electrons. The van der Waals surface area contributed by atoms with Crippen molar-refractivity contribution in [3.05, 3.63) is 96.1 Å². The predicted octanol–water partition coefficient (Wildman–Crippen LogP) is 4.58. The van der Waals surface area contributed by atoms with Crippen LogP contribution in [0.15, 0.2) is 84.9 Å². The van der Waals surface area contributed by atoms with Gasteiger partial charge < -0.3 is 10.2 Å². The predicted molar refractivity (Wildman–Crippen MR) is 99.4 cm³/mol. The van der Waals surface area contributed by atoms with E-state index in [9.17, 15) is 4.79 Å². The van der Waals surface area contributed by atoms with Crippen LogP contribution in [0.4, 0.5) is 11.4 Å². The minimum absolute atomic E-state index is 0.0236. The van der Waals surface area contributed by atoms with Crippen LogP contribution in [0.5, 0.6) is 0 Å². The Kier molecular flexibility index (Phi) is 4.92. The number of nitrogens with one attached hydrogen (secondary N) is 1. The summed E-state index contributed by atoms with van der Waals surface area (Å²) >= 11 is 0. The van der Waals surface area contributed by atoms with Gasteiger partial charge >= 0.3 is 0 Å². The van der Waals surface area contributed by atoms with Crippen LogP contribution in [0.1, 0.15) is 15.9 Å². The number of anilines is 2. The number of nitrogens with zero attached hydrogens (tertiary/aromatic N) is 1. The van der Waals surface area contributed by atoms with E-state index >= 15 is 0 Å². The number of hydrogen-bond acceptors (Lipinski definition) is 2. The van der Waals surface area contributed by atoms with Gasteiger partial charge in [-0.15, -0.1) is 0 Å². The molecule has 0 aromatic heterocycles. The highest BCUT2D eigenvalue weighted by molar-refractivity contribution is 6.07. The molecule has 0 bridgehead atoms. The molecule has 0 aliphatic rings. The zero-order valence-electron chi connectivity index (χ0n) is 13.6. The van der Waals surface area contributed by atoms with Crippen LogP contribution >= 0.6 is 0 Å². The fraction of sp³-hybridized carbons (Fsp3) is 0.0952. The van der Waals surface area contributed by atoms with E-state index in [-0.39, 0.29) is 5.91 Å². The van der Waals surface area contributed by atoms with Gasteiger partial charge in [0.15, 0.2) is 0 Å². The van der Waals surface area contributed by atoms with Crippen molar-refractivity contribution in [1.82, 2.24) is 0 Å². The van der Waals surface area contributed by atoms with Crippen molar-refractivity contribution < 1.29 is 4.79 Å². The van der Waals surface area contributed by atoms with Crippen molar-refractivity contribution in [1.29, 1.82) is 0 Å². The Balaban J connectivity index is 1.79. The summed E-state index contributed by atoms with van der Waals surface area (Å²) in [5.74, 6) is -0.0236. The zero-order chi connectivity index (χ0) is 16.8. The third kappa shape index (κ3) is 3.63. The first-order chi connectivity index (χ1) is 11.8. The monoisotopic (exact) mass is 316 g/mol. The molecule has 3 rings (SSSR count). The van der Waals surface area contributed by atoms with Gasteiger partial charge in [0.05, 0.1) is 11.4 Å². The number of para-hydroxylation sites is 2. The highest BCUT2D eigenvalue weighted by Gasteiger charge is 2.15. The molecule has 0 aliphatic carbocycles. The van der Waals surface area contributed by atoms with E-state index in [0.717, 1.165) is 11.4 Å². The van der Waals surface area contributed by atoms with Crippen molar-refractivity contribution in [2.24, 2.45) is 0 Å². The molecular formula is C21H20N2O. The highest BCUT2D eigenvalue weighted by atomic mass is 16.2. The van der Waals surface area contributed by atoms with Gasteiger partial charge in [-0.1, -0.05) is 60.7 Å². The fourth-order valence-electron chi connectivity index (χ4n) is 2.59. The molecule has 3 aromatic carbocycles. The minimum atomic E-state index is -0.0236. The SMILES string of the molecule is CN(C(=O)c1ccccc1)c1ccccc1NCc1ccccc1. The van der Waals surface area contributed by atoms with Crippen LogP contribution in [0.3, 0.4) is 0 Å². The Hall–Kier alpha value is -3.07. The van der Waals surface area contributed by atoms with Gasteiger partial charge in [0.1, 0.15) is 0 Å². The van der Waals surface area contributed by atoms with Crippen LogP contribution in [-0.2, 0) is 6.54 Å². The van der Waals surface area contributed by atoms with Gasteiger partial charge in [-0.25, -0.2) is 0 Å². The van der Waals surface area contributed by atoms with E-state index in [2.05, 4.69) is 17.4 Å². The van der Waals surface area contributed by atoms with Gasteiger partial charge in [-0.2, -0.15) is 0 Å². The van der Waals surface area contributed by atoms with Gasteiger partial charge in [0.2, 0.25) is 0 Å². The maximum atomic E-state index is 12.7. The molecule has 0 spiro atoms. The van der Waals surface area contributed by atoms with Crippen LogP contribution in [0.25, 0.3) is 0 Å². The Morgan fingerprint density at radius 1 is 0.833 bits per heavy atom. The van der Waals surface area contributed by atoms with Crippen LogP contribution in [-0.4, -0.2) is 13.0 Å². The van der Waals surface area contributed by atoms with Crippen molar-refractivity contribution >= 4 is 17.3 Å².